The molecule has 0 saturated heterocycles. The Labute approximate surface area is 89.2 Å². The number of aliphatic hydroxyl groups excluding tert-OH is 1. The Kier molecular flexibility index (Phi) is 3.46. The SMILES string of the molecule is COc1ccc(C(F)(F)F)c(Cl)c1CO. The summed E-state index contributed by atoms with van der Waals surface area (Å²) < 4.78 is 42.0. The van der Waals surface area contributed by atoms with Crippen LogP contribution in [0.25, 0.3) is 0 Å². The topological polar surface area (TPSA) is 29.5 Å². The predicted octanol–water partition coefficient (Wildman–Crippen LogP) is 2.86. The lowest BCUT2D eigenvalue weighted by Crippen LogP contribution is -2.08. The first kappa shape index (κ1) is 12.1. The molecule has 0 amide bonds. The van der Waals surface area contributed by atoms with Crippen LogP contribution in [0.15, 0.2) is 12.1 Å². The van der Waals surface area contributed by atoms with Crippen molar-refractivity contribution in [3.63, 3.8) is 0 Å². The molecule has 0 bridgehead atoms. The van der Waals surface area contributed by atoms with E-state index in [0.29, 0.717) is 0 Å². The molecule has 0 aromatic heterocycles. The number of alkyl halides is 3. The number of hydrogen-bond acceptors (Lipinski definition) is 2. The number of benzene rings is 1. The average molecular weight is 241 g/mol. The van der Waals surface area contributed by atoms with E-state index in [-0.39, 0.29) is 11.3 Å². The fourth-order valence-corrected chi connectivity index (χ4v) is 1.48. The third-order valence-electron chi connectivity index (χ3n) is 1.88. The minimum Gasteiger partial charge on any atom is -0.496 e. The first-order chi connectivity index (χ1) is 6.91. The molecule has 15 heavy (non-hydrogen) atoms. The Morgan fingerprint density at radius 1 is 1.40 bits per heavy atom. The minimum absolute atomic E-state index is 0.0611. The van der Waals surface area contributed by atoms with E-state index in [1.165, 1.54) is 7.11 Å². The number of aliphatic hydroxyl groups is 1. The Morgan fingerprint density at radius 2 is 2.00 bits per heavy atom. The minimum atomic E-state index is -4.53. The van der Waals surface area contributed by atoms with Crippen molar-refractivity contribution in [1.82, 2.24) is 0 Å². The van der Waals surface area contributed by atoms with Gasteiger partial charge in [-0.1, -0.05) is 11.6 Å². The van der Waals surface area contributed by atoms with Crippen LogP contribution in [-0.2, 0) is 12.8 Å². The van der Waals surface area contributed by atoms with Crippen molar-refractivity contribution in [3.8, 4) is 5.75 Å². The molecule has 6 heteroatoms. The molecule has 1 aromatic carbocycles. The van der Waals surface area contributed by atoms with E-state index in [9.17, 15) is 13.2 Å². The van der Waals surface area contributed by atoms with E-state index in [0.717, 1.165) is 12.1 Å². The summed E-state index contributed by atoms with van der Waals surface area (Å²) in [7, 11) is 1.29. The smallest absolute Gasteiger partial charge is 0.417 e. The second kappa shape index (κ2) is 4.28. The Balaban J connectivity index is 3.36. The molecule has 0 radical (unpaired) electrons. The summed E-state index contributed by atoms with van der Waals surface area (Å²) in [6.07, 6.45) is -4.53. The van der Waals surface area contributed by atoms with Gasteiger partial charge in [0.1, 0.15) is 5.75 Å². The van der Waals surface area contributed by atoms with Crippen LogP contribution in [0.4, 0.5) is 13.2 Å². The number of rotatable bonds is 2. The van der Waals surface area contributed by atoms with Gasteiger partial charge in [-0.15, -0.1) is 0 Å². The Bertz CT molecular complexity index is 363. The lowest BCUT2D eigenvalue weighted by molar-refractivity contribution is -0.137. The van der Waals surface area contributed by atoms with Crippen molar-refractivity contribution in [2.75, 3.05) is 7.11 Å². The maximum absolute atomic E-state index is 12.4. The van der Waals surface area contributed by atoms with E-state index >= 15 is 0 Å². The van der Waals surface area contributed by atoms with Gasteiger partial charge in [-0.2, -0.15) is 13.2 Å². The highest BCUT2D eigenvalue weighted by Crippen LogP contribution is 2.39. The molecule has 0 spiro atoms. The van der Waals surface area contributed by atoms with Crippen LogP contribution in [-0.4, -0.2) is 12.2 Å². The Hall–Kier alpha value is -0.940. The average Bonchev–Trinajstić information content (AvgIpc) is 2.15. The molecule has 0 aliphatic heterocycles. The fraction of sp³-hybridized carbons (Fsp3) is 0.333. The summed E-state index contributed by atoms with van der Waals surface area (Å²) in [5.74, 6) is 0.135. The Morgan fingerprint density at radius 3 is 2.40 bits per heavy atom. The normalized spacial score (nSPS) is 11.6. The molecule has 1 rings (SSSR count). The van der Waals surface area contributed by atoms with Gasteiger partial charge in [0.25, 0.3) is 0 Å². The van der Waals surface area contributed by atoms with Crippen LogP contribution in [0.3, 0.4) is 0 Å². The maximum Gasteiger partial charge on any atom is 0.417 e. The van der Waals surface area contributed by atoms with Crippen LogP contribution in [0, 0.1) is 0 Å². The van der Waals surface area contributed by atoms with Gasteiger partial charge in [-0.25, -0.2) is 0 Å². The zero-order valence-electron chi connectivity index (χ0n) is 7.73. The molecule has 0 saturated carbocycles. The van der Waals surface area contributed by atoms with Crippen molar-refractivity contribution >= 4 is 11.6 Å². The molecule has 1 aromatic rings. The third kappa shape index (κ3) is 2.35. The molecule has 0 atom stereocenters. The molecule has 0 unspecified atom stereocenters. The zero-order chi connectivity index (χ0) is 11.6. The second-order valence-corrected chi connectivity index (χ2v) is 3.14. The van der Waals surface area contributed by atoms with Gasteiger partial charge >= 0.3 is 6.18 Å². The van der Waals surface area contributed by atoms with E-state index in [1.807, 2.05) is 0 Å². The zero-order valence-corrected chi connectivity index (χ0v) is 8.49. The first-order valence-electron chi connectivity index (χ1n) is 3.95. The maximum atomic E-state index is 12.4. The summed E-state index contributed by atoms with van der Waals surface area (Å²) in [6, 6.07) is 1.95. The summed E-state index contributed by atoms with van der Waals surface area (Å²) in [4.78, 5) is 0. The first-order valence-corrected chi connectivity index (χ1v) is 4.33. The predicted molar refractivity (Wildman–Crippen MR) is 48.9 cm³/mol. The van der Waals surface area contributed by atoms with Crippen LogP contribution < -0.4 is 4.74 Å². The number of halogens is 4. The van der Waals surface area contributed by atoms with Gasteiger partial charge in [-0.05, 0) is 12.1 Å². The summed E-state index contributed by atoms with van der Waals surface area (Å²) in [5.41, 5.74) is -1.04. The van der Waals surface area contributed by atoms with Gasteiger partial charge in [0, 0.05) is 5.56 Å². The van der Waals surface area contributed by atoms with Crippen LogP contribution in [0.1, 0.15) is 11.1 Å². The number of hydrogen-bond donors (Lipinski definition) is 1. The molecular formula is C9H8ClF3O2. The molecule has 1 N–H and O–H groups in total. The van der Waals surface area contributed by atoms with Crippen molar-refractivity contribution in [3.05, 3.63) is 28.3 Å². The number of methoxy groups -OCH3 is 1. The van der Waals surface area contributed by atoms with Crippen LogP contribution in [0.2, 0.25) is 5.02 Å². The summed E-state index contributed by atoms with van der Waals surface area (Å²) in [6.45, 7) is -0.605. The largest absolute Gasteiger partial charge is 0.496 e. The summed E-state index contributed by atoms with van der Waals surface area (Å²) >= 11 is 5.52. The molecule has 0 heterocycles. The van der Waals surface area contributed by atoms with Gasteiger partial charge in [-0.3, -0.25) is 0 Å². The lowest BCUT2D eigenvalue weighted by Gasteiger charge is -2.14. The third-order valence-corrected chi connectivity index (χ3v) is 2.32. The highest BCUT2D eigenvalue weighted by molar-refractivity contribution is 6.32. The van der Waals surface area contributed by atoms with Crippen molar-refractivity contribution in [2.24, 2.45) is 0 Å². The van der Waals surface area contributed by atoms with Gasteiger partial charge < -0.3 is 9.84 Å². The standard InChI is InChI=1S/C9H8ClF3O2/c1-15-7-3-2-6(9(11,12)13)8(10)5(7)4-14/h2-3,14H,4H2,1H3. The molecule has 0 aliphatic carbocycles. The van der Waals surface area contributed by atoms with E-state index < -0.39 is 23.4 Å². The van der Waals surface area contributed by atoms with Crippen LogP contribution >= 0.6 is 11.6 Å². The monoisotopic (exact) mass is 240 g/mol. The highest BCUT2D eigenvalue weighted by Gasteiger charge is 2.34. The highest BCUT2D eigenvalue weighted by atomic mass is 35.5. The van der Waals surface area contributed by atoms with Gasteiger partial charge in [0.05, 0.1) is 24.3 Å². The molecule has 0 fully saturated rings. The fourth-order valence-electron chi connectivity index (χ4n) is 1.16. The van der Waals surface area contributed by atoms with E-state index in [1.54, 1.807) is 0 Å². The molecule has 84 valence electrons. The van der Waals surface area contributed by atoms with Crippen molar-refractivity contribution in [1.29, 1.82) is 0 Å². The molecule has 2 nitrogen and oxygen atoms in total. The summed E-state index contributed by atoms with van der Waals surface area (Å²) in [5, 5.41) is 8.37. The number of ether oxygens (including phenoxy) is 1. The van der Waals surface area contributed by atoms with Crippen molar-refractivity contribution in [2.45, 2.75) is 12.8 Å². The van der Waals surface area contributed by atoms with Crippen molar-refractivity contribution < 1.29 is 23.0 Å². The van der Waals surface area contributed by atoms with Crippen LogP contribution in [0.5, 0.6) is 5.75 Å². The van der Waals surface area contributed by atoms with E-state index in [4.69, 9.17) is 21.4 Å². The second-order valence-electron chi connectivity index (χ2n) is 2.76. The quantitative estimate of drug-likeness (QED) is 0.861. The van der Waals surface area contributed by atoms with E-state index in [2.05, 4.69) is 0 Å². The van der Waals surface area contributed by atoms with Gasteiger partial charge in [0.15, 0.2) is 0 Å². The lowest BCUT2D eigenvalue weighted by atomic mass is 10.1. The molecule has 0 aliphatic rings. The molecular weight excluding hydrogens is 233 g/mol. The van der Waals surface area contributed by atoms with Gasteiger partial charge in [0.2, 0.25) is 0 Å².